The Morgan fingerprint density at radius 1 is 0.853 bits per heavy atom. The zero-order chi connectivity index (χ0) is 26.0. The molecule has 8 N–H and O–H groups in total. The molecule has 0 saturated heterocycles. The molecule has 1 aromatic rings. The number of carbonyl (C=O) groups excluding carboxylic acids is 3. The van der Waals surface area contributed by atoms with Gasteiger partial charge in [0.05, 0.1) is 6.04 Å². The summed E-state index contributed by atoms with van der Waals surface area (Å²) in [4.78, 5) is 60.4. The van der Waals surface area contributed by atoms with Crippen LogP contribution in [0.1, 0.15) is 39.2 Å². The molecule has 1 aromatic carbocycles. The molecule has 1 rings (SSSR count). The lowest BCUT2D eigenvalue weighted by atomic mass is 10.0. The Bertz CT molecular complexity index is 885. The van der Waals surface area contributed by atoms with E-state index in [2.05, 4.69) is 16.0 Å². The number of nitrogens with two attached hydrogens (primary N) is 1. The molecule has 0 aliphatic carbocycles. The standard InChI is InChI=1S/C22H32N4O8/c1-11(2)18(22(33)34)26-20(31)15(8-9-17(28)29)24-21(32)16(25-19(30)12(3)23)10-13-4-6-14(27)7-5-13/h4-7,11-12,15-16,18,27H,8-10,23H2,1-3H3,(H,24,32)(H,25,30)(H,26,31)(H,28,29)(H,33,34). The van der Waals surface area contributed by atoms with E-state index < -0.39 is 66.2 Å². The number of rotatable bonds is 13. The average Bonchev–Trinajstić information content (AvgIpc) is 2.74. The summed E-state index contributed by atoms with van der Waals surface area (Å²) in [5.74, 6) is -5.23. The third-order valence-corrected chi connectivity index (χ3v) is 4.93. The maximum Gasteiger partial charge on any atom is 0.326 e. The van der Waals surface area contributed by atoms with Crippen LogP contribution in [-0.2, 0) is 30.4 Å². The van der Waals surface area contributed by atoms with Crippen molar-refractivity contribution in [2.45, 2.75) is 64.2 Å². The van der Waals surface area contributed by atoms with Crippen LogP contribution in [0.2, 0.25) is 0 Å². The summed E-state index contributed by atoms with van der Waals surface area (Å²) >= 11 is 0. The first kappa shape index (κ1) is 28.4. The third kappa shape index (κ3) is 9.45. The van der Waals surface area contributed by atoms with Gasteiger partial charge in [-0.25, -0.2) is 4.79 Å². The Morgan fingerprint density at radius 3 is 1.85 bits per heavy atom. The van der Waals surface area contributed by atoms with Crippen molar-refractivity contribution in [1.29, 1.82) is 0 Å². The number of carboxylic acids is 2. The Kier molecular flexibility index (Phi) is 11.0. The van der Waals surface area contributed by atoms with Gasteiger partial charge in [0, 0.05) is 12.8 Å². The number of benzene rings is 1. The van der Waals surface area contributed by atoms with E-state index in [1.54, 1.807) is 26.0 Å². The van der Waals surface area contributed by atoms with Crippen LogP contribution in [0, 0.1) is 5.92 Å². The number of aliphatic carboxylic acids is 2. The van der Waals surface area contributed by atoms with Gasteiger partial charge in [-0.2, -0.15) is 0 Å². The molecular weight excluding hydrogens is 448 g/mol. The summed E-state index contributed by atoms with van der Waals surface area (Å²) < 4.78 is 0. The normalized spacial score (nSPS) is 14.4. The Morgan fingerprint density at radius 2 is 1.38 bits per heavy atom. The van der Waals surface area contributed by atoms with Crippen LogP contribution in [0.3, 0.4) is 0 Å². The maximum atomic E-state index is 13.0. The van der Waals surface area contributed by atoms with Gasteiger partial charge in [0.1, 0.15) is 23.9 Å². The molecule has 0 fully saturated rings. The molecule has 0 aliphatic rings. The molecule has 0 radical (unpaired) electrons. The molecule has 4 atom stereocenters. The Hall–Kier alpha value is -3.67. The Balaban J connectivity index is 3.11. The van der Waals surface area contributed by atoms with Crippen LogP contribution in [0.15, 0.2) is 24.3 Å². The van der Waals surface area contributed by atoms with Gasteiger partial charge in [0.2, 0.25) is 17.7 Å². The summed E-state index contributed by atoms with van der Waals surface area (Å²) in [5, 5.41) is 35.0. The first-order valence-electron chi connectivity index (χ1n) is 10.7. The van der Waals surface area contributed by atoms with Crippen LogP contribution in [-0.4, -0.2) is 69.1 Å². The molecule has 0 spiro atoms. The first-order valence-corrected chi connectivity index (χ1v) is 10.7. The highest BCUT2D eigenvalue weighted by molar-refractivity contribution is 5.94. The number of hydrogen-bond donors (Lipinski definition) is 7. The van der Waals surface area contributed by atoms with E-state index in [0.717, 1.165) is 0 Å². The van der Waals surface area contributed by atoms with E-state index in [-0.39, 0.29) is 18.6 Å². The molecule has 0 heterocycles. The quantitative estimate of drug-likeness (QED) is 0.191. The summed E-state index contributed by atoms with van der Waals surface area (Å²) in [5.41, 5.74) is 6.16. The molecule has 188 valence electrons. The smallest absolute Gasteiger partial charge is 0.326 e. The van der Waals surface area contributed by atoms with Crippen LogP contribution in [0.25, 0.3) is 0 Å². The van der Waals surface area contributed by atoms with Crippen LogP contribution in [0.4, 0.5) is 0 Å². The third-order valence-electron chi connectivity index (χ3n) is 4.93. The van der Waals surface area contributed by atoms with E-state index in [1.807, 2.05) is 0 Å². The summed E-state index contributed by atoms with van der Waals surface area (Å²) in [6.07, 6.45) is -0.779. The minimum atomic E-state index is -1.36. The molecule has 3 amide bonds. The minimum absolute atomic E-state index is 0.00732. The molecule has 4 unspecified atom stereocenters. The van der Waals surface area contributed by atoms with Gasteiger partial charge >= 0.3 is 11.9 Å². The number of phenolic OH excluding ortho intramolecular Hbond substituents is 1. The van der Waals surface area contributed by atoms with E-state index >= 15 is 0 Å². The van der Waals surface area contributed by atoms with Crippen molar-refractivity contribution in [1.82, 2.24) is 16.0 Å². The van der Waals surface area contributed by atoms with Crippen molar-refractivity contribution in [2.24, 2.45) is 11.7 Å². The highest BCUT2D eigenvalue weighted by Gasteiger charge is 2.31. The SMILES string of the molecule is CC(N)C(=O)NC(Cc1ccc(O)cc1)C(=O)NC(CCC(=O)O)C(=O)NC(C(=O)O)C(C)C. The van der Waals surface area contributed by atoms with Crippen molar-refractivity contribution < 1.29 is 39.3 Å². The molecule has 0 saturated carbocycles. The van der Waals surface area contributed by atoms with E-state index in [0.29, 0.717) is 5.56 Å². The number of hydrogen-bond acceptors (Lipinski definition) is 7. The molecular formula is C22H32N4O8. The van der Waals surface area contributed by atoms with E-state index in [1.165, 1.54) is 19.1 Å². The lowest BCUT2D eigenvalue weighted by Crippen LogP contribution is -2.58. The first-order chi connectivity index (χ1) is 15.8. The molecule has 12 heteroatoms. The fraction of sp³-hybridized carbons (Fsp3) is 0.500. The molecule has 0 aliphatic heterocycles. The van der Waals surface area contributed by atoms with E-state index in [4.69, 9.17) is 10.8 Å². The van der Waals surface area contributed by atoms with Crippen LogP contribution >= 0.6 is 0 Å². The zero-order valence-electron chi connectivity index (χ0n) is 19.3. The van der Waals surface area contributed by atoms with Gasteiger partial charge in [-0.15, -0.1) is 0 Å². The second-order valence-electron chi connectivity index (χ2n) is 8.28. The zero-order valence-corrected chi connectivity index (χ0v) is 19.3. The second kappa shape index (κ2) is 13.1. The highest BCUT2D eigenvalue weighted by atomic mass is 16.4. The van der Waals surface area contributed by atoms with Gasteiger partial charge in [0.25, 0.3) is 0 Å². The largest absolute Gasteiger partial charge is 0.508 e. The van der Waals surface area contributed by atoms with Crippen molar-refractivity contribution in [3.8, 4) is 5.75 Å². The lowest BCUT2D eigenvalue weighted by Gasteiger charge is -2.25. The van der Waals surface area contributed by atoms with Crippen molar-refractivity contribution in [3.05, 3.63) is 29.8 Å². The predicted octanol–water partition coefficient (Wildman–Crippen LogP) is -0.658. The monoisotopic (exact) mass is 480 g/mol. The topological polar surface area (TPSA) is 208 Å². The van der Waals surface area contributed by atoms with E-state index in [9.17, 15) is 34.2 Å². The van der Waals surface area contributed by atoms with Gasteiger partial charge in [-0.1, -0.05) is 26.0 Å². The number of carboxylic acid groups (broad SMARTS) is 2. The number of carbonyl (C=O) groups is 5. The van der Waals surface area contributed by atoms with Crippen molar-refractivity contribution in [2.75, 3.05) is 0 Å². The lowest BCUT2D eigenvalue weighted by molar-refractivity contribution is -0.144. The summed E-state index contributed by atoms with van der Waals surface area (Å²) in [6.45, 7) is 4.59. The van der Waals surface area contributed by atoms with Gasteiger partial charge in [0.15, 0.2) is 0 Å². The summed E-state index contributed by atoms with van der Waals surface area (Å²) in [6, 6.07) is 1.18. The van der Waals surface area contributed by atoms with Gasteiger partial charge in [-0.3, -0.25) is 19.2 Å². The molecule has 0 bridgehead atoms. The van der Waals surface area contributed by atoms with Gasteiger partial charge in [-0.05, 0) is 37.0 Å². The number of aromatic hydroxyl groups is 1. The molecule has 34 heavy (non-hydrogen) atoms. The second-order valence-corrected chi connectivity index (χ2v) is 8.28. The fourth-order valence-electron chi connectivity index (χ4n) is 2.96. The number of nitrogens with one attached hydrogen (secondary N) is 3. The van der Waals surface area contributed by atoms with Crippen LogP contribution in [0.5, 0.6) is 5.75 Å². The fourth-order valence-corrected chi connectivity index (χ4v) is 2.96. The van der Waals surface area contributed by atoms with Crippen LogP contribution < -0.4 is 21.7 Å². The highest BCUT2D eigenvalue weighted by Crippen LogP contribution is 2.12. The van der Waals surface area contributed by atoms with Crippen molar-refractivity contribution >= 4 is 29.7 Å². The predicted molar refractivity (Wildman–Crippen MR) is 121 cm³/mol. The average molecular weight is 481 g/mol. The number of amides is 3. The summed E-state index contributed by atoms with van der Waals surface area (Å²) in [7, 11) is 0. The number of phenols is 1. The minimum Gasteiger partial charge on any atom is -0.508 e. The Labute approximate surface area is 196 Å². The van der Waals surface area contributed by atoms with Gasteiger partial charge < -0.3 is 37.0 Å². The molecule has 12 nitrogen and oxygen atoms in total. The van der Waals surface area contributed by atoms with Crippen molar-refractivity contribution in [3.63, 3.8) is 0 Å². The maximum absolute atomic E-state index is 13.0. The molecule has 0 aromatic heterocycles.